The molecule has 0 radical (unpaired) electrons. The van der Waals surface area contributed by atoms with Crippen molar-refractivity contribution in [2.75, 3.05) is 13.2 Å². The Morgan fingerprint density at radius 3 is 2.72 bits per heavy atom. The number of hydrogen-bond acceptors (Lipinski definition) is 3. The van der Waals surface area contributed by atoms with Gasteiger partial charge in [0.15, 0.2) is 0 Å². The molecule has 0 aromatic heterocycles. The Kier molecular flexibility index (Phi) is 3.97. The van der Waals surface area contributed by atoms with Crippen LogP contribution in [-0.2, 0) is 4.79 Å². The minimum atomic E-state index is -0.660. The molecule has 2 rings (SSSR count). The minimum Gasteiger partial charge on any atom is -0.396 e. The summed E-state index contributed by atoms with van der Waals surface area (Å²) >= 11 is 0. The van der Waals surface area contributed by atoms with Crippen molar-refractivity contribution in [3.05, 3.63) is 0 Å². The molecule has 4 nitrogen and oxygen atoms in total. The first-order chi connectivity index (χ1) is 8.50. The maximum atomic E-state index is 12.2. The summed E-state index contributed by atoms with van der Waals surface area (Å²) in [7, 11) is 0. The summed E-state index contributed by atoms with van der Waals surface area (Å²) < 4.78 is 0. The summed E-state index contributed by atoms with van der Waals surface area (Å²) in [5, 5.41) is 12.0. The van der Waals surface area contributed by atoms with E-state index in [0.717, 1.165) is 38.5 Å². The van der Waals surface area contributed by atoms with Crippen LogP contribution in [0.1, 0.15) is 51.9 Å². The van der Waals surface area contributed by atoms with Gasteiger partial charge in [0.1, 0.15) is 0 Å². The van der Waals surface area contributed by atoms with Crippen molar-refractivity contribution in [1.82, 2.24) is 5.32 Å². The highest BCUT2D eigenvalue weighted by Gasteiger charge is 2.44. The average molecular weight is 254 g/mol. The number of aliphatic hydroxyl groups excluding tert-OH is 1. The lowest BCUT2D eigenvalue weighted by molar-refractivity contribution is -0.128. The number of carbonyl (C=O) groups excluding carboxylic acids is 1. The number of nitrogens with one attached hydrogen (secondary N) is 1. The summed E-state index contributed by atoms with van der Waals surface area (Å²) in [6, 6.07) is 0. The zero-order valence-electron chi connectivity index (χ0n) is 11.4. The van der Waals surface area contributed by atoms with Crippen LogP contribution in [0.2, 0.25) is 0 Å². The van der Waals surface area contributed by atoms with Crippen LogP contribution in [0.15, 0.2) is 0 Å². The number of nitrogens with two attached hydrogens (primary N) is 1. The normalized spacial score (nSPS) is 34.1. The first kappa shape index (κ1) is 13.8. The Morgan fingerprint density at radius 1 is 1.44 bits per heavy atom. The first-order valence-corrected chi connectivity index (χ1v) is 7.18. The van der Waals surface area contributed by atoms with Gasteiger partial charge in [-0.1, -0.05) is 19.8 Å². The van der Waals surface area contributed by atoms with Crippen molar-refractivity contribution in [2.45, 2.75) is 57.4 Å². The largest absolute Gasteiger partial charge is 0.396 e. The molecule has 0 heterocycles. The third-order valence-electron chi connectivity index (χ3n) is 4.71. The van der Waals surface area contributed by atoms with E-state index >= 15 is 0 Å². The van der Waals surface area contributed by atoms with Crippen LogP contribution in [0.25, 0.3) is 0 Å². The molecule has 0 spiro atoms. The molecule has 2 unspecified atom stereocenters. The van der Waals surface area contributed by atoms with E-state index in [1.165, 1.54) is 6.42 Å². The lowest BCUT2D eigenvalue weighted by Crippen LogP contribution is -2.57. The predicted octanol–water partition coefficient (Wildman–Crippen LogP) is 1.17. The van der Waals surface area contributed by atoms with Gasteiger partial charge in [0.2, 0.25) is 5.91 Å². The van der Waals surface area contributed by atoms with Crippen LogP contribution in [0.4, 0.5) is 0 Å². The van der Waals surface area contributed by atoms with Crippen molar-refractivity contribution in [3.8, 4) is 0 Å². The fourth-order valence-corrected chi connectivity index (χ4v) is 3.17. The van der Waals surface area contributed by atoms with Gasteiger partial charge in [-0.25, -0.2) is 0 Å². The van der Waals surface area contributed by atoms with E-state index in [-0.39, 0.29) is 17.9 Å². The van der Waals surface area contributed by atoms with Crippen LogP contribution in [-0.4, -0.2) is 29.7 Å². The molecule has 0 aromatic rings. The average Bonchev–Trinajstić information content (AvgIpc) is 3.06. The number of hydrogen-bond donors (Lipinski definition) is 3. The van der Waals surface area contributed by atoms with Gasteiger partial charge >= 0.3 is 0 Å². The van der Waals surface area contributed by atoms with Crippen molar-refractivity contribution < 1.29 is 9.90 Å². The summed E-state index contributed by atoms with van der Waals surface area (Å²) in [6.07, 6.45) is 6.85. The van der Waals surface area contributed by atoms with Gasteiger partial charge in [0, 0.05) is 13.2 Å². The number of rotatable bonds is 5. The van der Waals surface area contributed by atoms with Crippen molar-refractivity contribution in [2.24, 2.45) is 17.1 Å². The molecule has 0 aromatic carbocycles. The van der Waals surface area contributed by atoms with E-state index < -0.39 is 5.54 Å². The van der Waals surface area contributed by atoms with Crippen LogP contribution < -0.4 is 11.1 Å². The third kappa shape index (κ3) is 3.04. The monoisotopic (exact) mass is 254 g/mol. The second-order valence-corrected chi connectivity index (χ2v) is 6.51. The summed E-state index contributed by atoms with van der Waals surface area (Å²) in [4.78, 5) is 12.2. The fraction of sp³-hybridized carbons (Fsp3) is 0.929. The minimum absolute atomic E-state index is 0.0123. The molecule has 2 fully saturated rings. The molecule has 2 aliphatic rings. The van der Waals surface area contributed by atoms with E-state index in [1.54, 1.807) is 0 Å². The molecular weight excluding hydrogens is 228 g/mol. The fourth-order valence-electron chi connectivity index (χ4n) is 3.17. The van der Waals surface area contributed by atoms with E-state index in [4.69, 9.17) is 10.8 Å². The Labute approximate surface area is 109 Å². The smallest absolute Gasteiger partial charge is 0.240 e. The lowest BCUT2D eigenvalue weighted by Gasteiger charge is -2.35. The zero-order valence-corrected chi connectivity index (χ0v) is 11.4. The Hall–Kier alpha value is -0.610. The molecule has 4 heteroatoms. The van der Waals surface area contributed by atoms with Crippen LogP contribution in [0.5, 0.6) is 0 Å². The Morgan fingerprint density at radius 2 is 2.17 bits per heavy atom. The molecule has 2 saturated carbocycles. The quantitative estimate of drug-likeness (QED) is 0.689. The number of carbonyl (C=O) groups is 1. The Balaban J connectivity index is 1.84. The zero-order chi connectivity index (χ0) is 13.2. The molecule has 18 heavy (non-hydrogen) atoms. The summed E-state index contributed by atoms with van der Waals surface area (Å²) in [5.41, 5.74) is 5.76. The summed E-state index contributed by atoms with van der Waals surface area (Å²) in [6.45, 7) is 3.06. The van der Waals surface area contributed by atoms with E-state index in [2.05, 4.69) is 12.2 Å². The molecule has 0 bridgehead atoms. The van der Waals surface area contributed by atoms with Gasteiger partial charge in [-0.3, -0.25) is 4.79 Å². The van der Waals surface area contributed by atoms with Crippen molar-refractivity contribution >= 4 is 5.91 Å². The van der Waals surface area contributed by atoms with Gasteiger partial charge in [-0.15, -0.1) is 0 Å². The molecule has 0 aliphatic heterocycles. The standard InChI is InChI=1S/C14H26N2O2/c1-11-3-2-4-14(15,9-11)12(18)16-10-13(5-6-13)7-8-17/h11,17H,2-10,15H2,1H3,(H,16,18). The molecule has 4 N–H and O–H groups in total. The topological polar surface area (TPSA) is 75.4 Å². The van der Waals surface area contributed by atoms with Gasteiger partial charge in [-0.05, 0) is 43.4 Å². The van der Waals surface area contributed by atoms with Crippen molar-refractivity contribution in [3.63, 3.8) is 0 Å². The molecule has 2 aliphatic carbocycles. The van der Waals surface area contributed by atoms with E-state index in [1.807, 2.05) is 0 Å². The summed E-state index contributed by atoms with van der Waals surface area (Å²) in [5.74, 6) is 0.556. The highest BCUT2D eigenvalue weighted by molar-refractivity contribution is 5.86. The third-order valence-corrected chi connectivity index (χ3v) is 4.71. The second-order valence-electron chi connectivity index (χ2n) is 6.51. The molecule has 104 valence electrons. The maximum absolute atomic E-state index is 12.2. The number of aliphatic hydroxyl groups is 1. The molecular formula is C14H26N2O2. The van der Waals surface area contributed by atoms with Gasteiger partial charge in [-0.2, -0.15) is 0 Å². The predicted molar refractivity (Wildman–Crippen MR) is 70.9 cm³/mol. The highest BCUT2D eigenvalue weighted by Crippen LogP contribution is 2.48. The van der Waals surface area contributed by atoms with Gasteiger partial charge in [0.05, 0.1) is 5.54 Å². The molecule has 1 amide bonds. The molecule has 0 saturated heterocycles. The highest BCUT2D eigenvalue weighted by atomic mass is 16.3. The van der Waals surface area contributed by atoms with Gasteiger partial charge < -0.3 is 16.2 Å². The first-order valence-electron chi connectivity index (χ1n) is 7.18. The van der Waals surface area contributed by atoms with Crippen LogP contribution in [0.3, 0.4) is 0 Å². The maximum Gasteiger partial charge on any atom is 0.240 e. The van der Waals surface area contributed by atoms with Crippen molar-refractivity contribution in [1.29, 1.82) is 0 Å². The number of amides is 1. The van der Waals surface area contributed by atoms with Gasteiger partial charge in [0.25, 0.3) is 0 Å². The van der Waals surface area contributed by atoms with E-state index in [0.29, 0.717) is 12.5 Å². The lowest BCUT2D eigenvalue weighted by atomic mass is 9.76. The SMILES string of the molecule is CC1CCCC(N)(C(=O)NCC2(CCO)CC2)C1. The van der Waals surface area contributed by atoms with Crippen LogP contribution in [0, 0.1) is 11.3 Å². The van der Waals surface area contributed by atoms with E-state index in [9.17, 15) is 4.79 Å². The Bertz CT molecular complexity index is 315. The van der Waals surface area contributed by atoms with Crippen LogP contribution >= 0.6 is 0 Å². The molecule has 2 atom stereocenters. The second kappa shape index (κ2) is 5.17.